The highest BCUT2D eigenvalue weighted by molar-refractivity contribution is 4.91. The average molecular weight is 264 g/mol. The molecule has 2 atom stereocenters. The van der Waals surface area contributed by atoms with Gasteiger partial charge in [-0.3, -0.25) is 0 Å². The van der Waals surface area contributed by atoms with E-state index in [1.54, 1.807) is 0 Å². The summed E-state index contributed by atoms with van der Waals surface area (Å²) in [5.74, 6) is 0.763. The van der Waals surface area contributed by atoms with Crippen LogP contribution in [0.1, 0.15) is 44.9 Å². The van der Waals surface area contributed by atoms with Crippen LogP contribution in [0.3, 0.4) is 0 Å². The third-order valence-corrected chi connectivity index (χ3v) is 4.11. The van der Waals surface area contributed by atoms with Crippen LogP contribution in [0.25, 0.3) is 0 Å². The maximum atomic E-state index is 11.9. The molecule has 2 fully saturated rings. The highest BCUT2D eigenvalue weighted by Gasteiger charge is 2.32. The molecule has 0 spiro atoms. The van der Waals surface area contributed by atoms with E-state index in [1.165, 1.54) is 25.7 Å². The van der Waals surface area contributed by atoms with E-state index >= 15 is 0 Å². The second-order valence-electron chi connectivity index (χ2n) is 5.73. The lowest BCUT2D eigenvalue weighted by molar-refractivity contribution is -0.135. The van der Waals surface area contributed by atoms with Gasteiger partial charge in [-0.2, -0.15) is 13.2 Å². The van der Waals surface area contributed by atoms with Crippen molar-refractivity contribution >= 4 is 0 Å². The van der Waals surface area contributed by atoms with Gasteiger partial charge in [0.25, 0.3) is 0 Å². The van der Waals surface area contributed by atoms with E-state index in [0.717, 1.165) is 18.9 Å². The monoisotopic (exact) mass is 264 g/mol. The molecule has 5 heteroatoms. The van der Waals surface area contributed by atoms with Gasteiger partial charge in [-0.1, -0.05) is 0 Å². The molecule has 2 N–H and O–H groups in total. The van der Waals surface area contributed by atoms with Crippen molar-refractivity contribution in [1.29, 1.82) is 0 Å². The van der Waals surface area contributed by atoms with E-state index < -0.39 is 12.6 Å². The first-order valence-corrected chi connectivity index (χ1v) is 7.06. The van der Waals surface area contributed by atoms with Crippen LogP contribution in [0.4, 0.5) is 13.2 Å². The molecule has 18 heavy (non-hydrogen) atoms. The molecule has 0 aromatic carbocycles. The van der Waals surface area contributed by atoms with E-state index in [4.69, 9.17) is 0 Å². The molecule has 106 valence electrons. The molecule has 0 aromatic rings. The van der Waals surface area contributed by atoms with Crippen molar-refractivity contribution in [2.24, 2.45) is 5.92 Å². The fourth-order valence-electron chi connectivity index (χ4n) is 3.26. The van der Waals surface area contributed by atoms with Gasteiger partial charge in [0.15, 0.2) is 0 Å². The Hall–Kier alpha value is -0.290. The van der Waals surface area contributed by atoms with E-state index in [1.807, 2.05) is 0 Å². The Morgan fingerprint density at radius 3 is 2.33 bits per heavy atom. The maximum Gasteiger partial charge on any atom is 0.389 e. The summed E-state index contributed by atoms with van der Waals surface area (Å²) in [5.41, 5.74) is 0. The number of nitrogens with one attached hydrogen (secondary N) is 2. The zero-order valence-corrected chi connectivity index (χ0v) is 10.7. The summed E-state index contributed by atoms with van der Waals surface area (Å²) >= 11 is 0. The smallest absolute Gasteiger partial charge is 0.317 e. The molecule has 2 unspecified atom stereocenters. The molecule has 0 saturated carbocycles. The Bertz CT molecular complexity index is 243. The summed E-state index contributed by atoms with van der Waals surface area (Å²) in [5, 5.41) is 6.74. The minimum absolute atomic E-state index is 0.195. The van der Waals surface area contributed by atoms with E-state index in [2.05, 4.69) is 10.6 Å². The summed E-state index contributed by atoms with van der Waals surface area (Å²) in [7, 11) is 0. The summed E-state index contributed by atoms with van der Waals surface area (Å²) in [6.07, 6.45) is 1.75. The van der Waals surface area contributed by atoms with Gasteiger partial charge in [-0.25, -0.2) is 0 Å². The van der Waals surface area contributed by atoms with Crippen LogP contribution in [0.15, 0.2) is 0 Å². The van der Waals surface area contributed by atoms with Crippen molar-refractivity contribution < 1.29 is 13.2 Å². The van der Waals surface area contributed by atoms with Crippen molar-refractivity contribution in [3.63, 3.8) is 0 Å². The first-order valence-electron chi connectivity index (χ1n) is 7.06. The van der Waals surface area contributed by atoms with Crippen LogP contribution < -0.4 is 10.6 Å². The second-order valence-corrected chi connectivity index (χ2v) is 5.73. The lowest BCUT2D eigenvalue weighted by atomic mass is 9.90. The van der Waals surface area contributed by atoms with Gasteiger partial charge in [-0.15, -0.1) is 0 Å². The van der Waals surface area contributed by atoms with E-state index in [0.29, 0.717) is 18.6 Å². The molecular weight excluding hydrogens is 241 g/mol. The summed E-state index contributed by atoms with van der Waals surface area (Å²) < 4.78 is 35.7. The molecule has 0 amide bonds. The SMILES string of the molecule is FC(F)(F)CCCNCCC1CC2CCC(C1)N2. The fraction of sp³-hybridized carbons (Fsp3) is 1.00. The quantitative estimate of drug-likeness (QED) is 0.721. The molecule has 2 aliphatic rings. The molecule has 2 rings (SSSR count). The average Bonchev–Trinajstić information content (AvgIpc) is 2.62. The Balaban J connectivity index is 1.49. The number of hydrogen-bond donors (Lipinski definition) is 2. The first-order chi connectivity index (χ1) is 8.53. The number of fused-ring (bicyclic) bond motifs is 2. The van der Waals surface area contributed by atoms with Crippen LogP contribution in [0.5, 0.6) is 0 Å². The zero-order chi connectivity index (χ0) is 13.0. The minimum Gasteiger partial charge on any atom is -0.317 e. The number of halogens is 3. The minimum atomic E-state index is -4.00. The lowest BCUT2D eigenvalue weighted by Gasteiger charge is -2.29. The number of rotatable bonds is 6. The van der Waals surface area contributed by atoms with Crippen molar-refractivity contribution in [2.75, 3.05) is 13.1 Å². The zero-order valence-electron chi connectivity index (χ0n) is 10.7. The van der Waals surface area contributed by atoms with Crippen molar-refractivity contribution in [1.82, 2.24) is 10.6 Å². The van der Waals surface area contributed by atoms with Crippen LogP contribution in [0.2, 0.25) is 0 Å². The van der Waals surface area contributed by atoms with Gasteiger partial charge in [0.1, 0.15) is 0 Å². The topological polar surface area (TPSA) is 24.1 Å². The molecule has 0 aromatic heterocycles. The Morgan fingerprint density at radius 1 is 1.06 bits per heavy atom. The summed E-state index contributed by atoms with van der Waals surface area (Å²) in [6.45, 7) is 1.35. The van der Waals surface area contributed by atoms with Crippen LogP contribution in [-0.2, 0) is 0 Å². The standard InChI is InChI=1S/C13H23F3N2/c14-13(15,16)5-1-6-17-7-4-10-8-11-2-3-12(9-10)18-11/h10-12,17-18H,1-9H2. The van der Waals surface area contributed by atoms with Gasteiger partial charge in [0.2, 0.25) is 0 Å². The molecule has 2 saturated heterocycles. The third-order valence-electron chi connectivity index (χ3n) is 4.11. The van der Waals surface area contributed by atoms with Crippen LogP contribution >= 0.6 is 0 Å². The molecule has 2 nitrogen and oxygen atoms in total. The van der Waals surface area contributed by atoms with Crippen molar-refractivity contribution in [2.45, 2.75) is 63.2 Å². The molecule has 2 heterocycles. The predicted octanol–water partition coefficient (Wildman–Crippen LogP) is 2.84. The van der Waals surface area contributed by atoms with Crippen LogP contribution in [-0.4, -0.2) is 31.3 Å². The summed E-state index contributed by atoms with van der Waals surface area (Å²) in [4.78, 5) is 0. The lowest BCUT2D eigenvalue weighted by Crippen LogP contribution is -2.38. The van der Waals surface area contributed by atoms with Gasteiger partial charge < -0.3 is 10.6 Å². The number of hydrogen-bond acceptors (Lipinski definition) is 2. The van der Waals surface area contributed by atoms with Gasteiger partial charge in [-0.05, 0) is 57.5 Å². The molecule has 2 aliphatic heterocycles. The second kappa shape index (κ2) is 6.24. The molecule has 2 bridgehead atoms. The molecule has 0 aliphatic carbocycles. The highest BCUT2D eigenvalue weighted by Crippen LogP contribution is 2.32. The van der Waals surface area contributed by atoms with Gasteiger partial charge in [0.05, 0.1) is 0 Å². The van der Waals surface area contributed by atoms with Gasteiger partial charge in [0, 0.05) is 18.5 Å². The Labute approximate surface area is 107 Å². The predicted molar refractivity (Wildman–Crippen MR) is 65.4 cm³/mol. The summed E-state index contributed by atoms with van der Waals surface area (Å²) in [6, 6.07) is 1.41. The van der Waals surface area contributed by atoms with Crippen molar-refractivity contribution in [3.05, 3.63) is 0 Å². The van der Waals surface area contributed by atoms with E-state index in [-0.39, 0.29) is 6.42 Å². The number of piperidine rings is 1. The normalized spacial score (nSPS) is 31.8. The Morgan fingerprint density at radius 2 is 1.72 bits per heavy atom. The molecule has 0 radical (unpaired) electrons. The van der Waals surface area contributed by atoms with Crippen molar-refractivity contribution in [3.8, 4) is 0 Å². The number of alkyl halides is 3. The maximum absolute atomic E-state index is 11.9. The fourth-order valence-corrected chi connectivity index (χ4v) is 3.26. The van der Waals surface area contributed by atoms with Crippen LogP contribution in [0, 0.1) is 5.92 Å². The van der Waals surface area contributed by atoms with Gasteiger partial charge >= 0.3 is 6.18 Å². The first kappa shape index (κ1) is 14.1. The van der Waals surface area contributed by atoms with E-state index in [9.17, 15) is 13.2 Å². The largest absolute Gasteiger partial charge is 0.389 e. The molecular formula is C13H23F3N2. The highest BCUT2D eigenvalue weighted by atomic mass is 19.4. The third kappa shape index (κ3) is 4.76. The Kier molecular flexibility index (Phi) is 4.90.